The highest BCUT2D eigenvalue weighted by molar-refractivity contribution is 6.30. The van der Waals surface area contributed by atoms with Crippen molar-refractivity contribution in [1.82, 2.24) is 15.0 Å². The van der Waals surface area contributed by atoms with Crippen LogP contribution in [0.2, 0.25) is 5.02 Å². The second-order valence-electron chi connectivity index (χ2n) is 7.26. The molecule has 1 unspecified atom stereocenters. The summed E-state index contributed by atoms with van der Waals surface area (Å²) in [6.07, 6.45) is 3.42. The lowest BCUT2D eigenvalue weighted by molar-refractivity contribution is 0.415. The number of nitrogens with zero attached hydrogens (tertiary/aromatic N) is 3. The summed E-state index contributed by atoms with van der Waals surface area (Å²) in [6, 6.07) is 11.3. The summed E-state index contributed by atoms with van der Waals surface area (Å²) in [5.74, 6) is 2.15. The number of hydrogen-bond acceptors (Lipinski definition) is 6. The first-order valence-corrected chi connectivity index (χ1v) is 10.3. The average Bonchev–Trinajstić information content (AvgIpc) is 3.22. The van der Waals surface area contributed by atoms with Crippen LogP contribution in [0.3, 0.4) is 0 Å². The maximum absolute atomic E-state index is 11.8. The molecule has 0 spiro atoms. The molecule has 4 rings (SSSR count). The normalized spacial score (nSPS) is 16.0. The Morgan fingerprint density at radius 3 is 2.90 bits per heavy atom. The van der Waals surface area contributed by atoms with Gasteiger partial charge in [-0.15, -0.1) is 0 Å². The number of hydrogen-bond donors (Lipinski definition) is 2. The molecule has 0 bridgehead atoms. The maximum Gasteiger partial charge on any atom is 0.251 e. The first-order valence-electron chi connectivity index (χ1n) is 9.97. The fourth-order valence-electron chi connectivity index (χ4n) is 3.66. The zero-order valence-corrected chi connectivity index (χ0v) is 17.7. The third-order valence-electron chi connectivity index (χ3n) is 5.22. The van der Waals surface area contributed by atoms with E-state index in [-0.39, 0.29) is 11.6 Å². The zero-order valence-electron chi connectivity index (χ0n) is 17.0. The van der Waals surface area contributed by atoms with Gasteiger partial charge in [0.1, 0.15) is 17.4 Å². The van der Waals surface area contributed by atoms with Crippen molar-refractivity contribution in [1.29, 1.82) is 0 Å². The standard InChI is InChI=1S/C22H24ClN5O2/c1-3-16-11-21(29)27-22(26-16)14-4-7-20(24-12-14)25-17-8-9-28(13-17)18-10-15(23)5-6-19(18)30-2/h4-7,10-12,17H,3,8-9,13H2,1-2H3,(H,24,25)(H,26,27,29). The highest BCUT2D eigenvalue weighted by Gasteiger charge is 2.25. The largest absolute Gasteiger partial charge is 0.495 e. The smallest absolute Gasteiger partial charge is 0.251 e. The Kier molecular flexibility index (Phi) is 5.90. The minimum atomic E-state index is -0.151. The van der Waals surface area contributed by atoms with Crippen LogP contribution >= 0.6 is 11.6 Å². The van der Waals surface area contributed by atoms with Crippen molar-refractivity contribution in [3.8, 4) is 17.1 Å². The molecule has 1 fully saturated rings. The molecular weight excluding hydrogens is 402 g/mol. The summed E-state index contributed by atoms with van der Waals surface area (Å²) in [5.41, 5.74) is 2.40. The van der Waals surface area contributed by atoms with E-state index in [9.17, 15) is 4.79 Å². The van der Waals surface area contributed by atoms with E-state index in [1.54, 1.807) is 13.3 Å². The highest BCUT2D eigenvalue weighted by atomic mass is 35.5. The molecule has 0 radical (unpaired) electrons. The van der Waals surface area contributed by atoms with Crippen LogP contribution in [0.15, 0.2) is 47.4 Å². The molecule has 8 heteroatoms. The summed E-state index contributed by atoms with van der Waals surface area (Å²) in [7, 11) is 1.67. The number of nitrogens with one attached hydrogen (secondary N) is 2. The summed E-state index contributed by atoms with van der Waals surface area (Å²) >= 11 is 6.18. The van der Waals surface area contributed by atoms with Crippen molar-refractivity contribution in [3.05, 3.63) is 63.7 Å². The fraction of sp³-hybridized carbons (Fsp3) is 0.318. The van der Waals surface area contributed by atoms with E-state index in [4.69, 9.17) is 16.3 Å². The minimum absolute atomic E-state index is 0.151. The van der Waals surface area contributed by atoms with E-state index < -0.39 is 0 Å². The van der Waals surface area contributed by atoms with E-state index in [1.807, 2.05) is 37.3 Å². The van der Waals surface area contributed by atoms with Crippen molar-refractivity contribution in [3.63, 3.8) is 0 Å². The number of ether oxygens (including phenoxy) is 1. The number of methoxy groups -OCH3 is 1. The van der Waals surface area contributed by atoms with Gasteiger partial charge in [0, 0.05) is 47.7 Å². The molecule has 7 nitrogen and oxygen atoms in total. The second-order valence-corrected chi connectivity index (χ2v) is 7.70. The predicted octanol–water partition coefficient (Wildman–Crippen LogP) is 3.75. The molecule has 0 aliphatic carbocycles. The van der Waals surface area contributed by atoms with Gasteiger partial charge in [-0.2, -0.15) is 0 Å². The van der Waals surface area contributed by atoms with E-state index in [0.29, 0.717) is 17.3 Å². The number of rotatable bonds is 6. The van der Waals surface area contributed by atoms with Gasteiger partial charge in [-0.1, -0.05) is 18.5 Å². The topological polar surface area (TPSA) is 83.1 Å². The Hall–Kier alpha value is -3.06. The lowest BCUT2D eigenvalue weighted by atomic mass is 10.2. The lowest BCUT2D eigenvalue weighted by Gasteiger charge is -2.22. The molecule has 3 heterocycles. The van der Waals surface area contributed by atoms with Crippen molar-refractivity contribution >= 4 is 23.1 Å². The molecule has 1 aromatic carbocycles. The van der Waals surface area contributed by atoms with Crippen molar-refractivity contribution < 1.29 is 4.74 Å². The number of H-pyrrole nitrogens is 1. The van der Waals surface area contributed by atoms with Crippen LogP contribution in [0, 0.1) is 0 Å². The third kappa shape index (κ3) is 4.41. The SMILES string of the molecule is CCc1cc(=O)[nH]c(-c2ccc(NC3CCN(c4cc(Cl)ccc4OC)C3)nc2)n1. The zero-order chi connectivity index (χ0) is 21.1. The number of aromatic nitrogens is 3. The molecule has 1 saturated heterocycles. The van der Waals surface area contributed by atoms with Crippen LogP contribution in [0.5, 0.6) is 5.75 Å². The molecule has 1 aliphatic rings. The predicted molar refractivity (Wildman–Crippen MR) is 120 cm³/mol. The molecule has 0 amide bonds. The van der Waals surface area contributed by atoms with E-state index in [2.05, 4.69) is 25.2 Å². The Bertz CT molecular complexity index is 1080. The molecular formula is C22H24ClN5O2. The van der Waals surface area contributed by atoms with Crippen molar-refractivity contribution in [2.75, 3.05) is 30.4 Å². The van der Waals surface area contributed by atoms with Crippen LogP contribution in [0.1, 0.15) is 19.0 Å². The first-order chi connectivity index (χ1) is 14.6. The Labute approximate surface area is 180 Å². The molecule has 0 saturated carbocycles. The summed E-state index contributed by atoms with van der Waals surface area (Å²) in [6.45, 7) is 3.70. The molecule has 1 aliphatic heterocycles. The van der Waals surface area contributed by atoms with E-state index >= 15 is 0 Å². The highest BCUT2D eigenvalue weighted by Crippen LogP contribution is 2.33. The molecule has 2 N–H and O–H groups in total. The van der Waals surface area contributed by atoms with Crippen LogP contribution in [0.25, 0.3) is 11.4 Å². The molecule has 3 aromatic rings. The Morgan fingerprint density at radius 1 is 1.30 bits per heavy atom. The van der Waals surface area contributed by atoms with Crippen molar-refractivity contribution in [2.45, 2.75) is 25.8 Å². The average molecular weight is 426 g/mol. The van der Waals surface area contributed by atoms with Crippen LogP contribution in [-0.2, 0) is 6.42 Å². The molecule has 2 aromatic heterocycles. The minimum Gasteiger partial charge on any atom is -0.495 e. The van der Waals surface area contributed by atoms with Gasteiger partial charge in [0.2, 0.25) is 0 Å². The summed E-state index contributed by atoms with van der Waals surface area (Å²) < 4.78 is 5.48. The number of pyridine rings is 1. The number of benzene rings is 1. The maximum atomic E-state index is 11.8. The Balaban J connectivity index is 1.44. The molecule has 156 valence electrons. The van der Waals surface area contributed by atoms with Gasteiger partial charge in [-0.3, -0.25) is 4.79 Å². The van der Waals surface area contributed by atoms with Gasteiger partial charge in [-0.25, -0.2) is 9.97 Å². The molecule has 30 heavy (non-hydrogen) atoms. The van der Waals surface area contributed by atoms with Gasteiger partial charge in [0.15, 0.2) is 0 Å². The molecule has 1 atom stereocenters. The monoisotopic (exact) mass is 425 g/mol. The Morgan fingerprint density at radius 2 is 2.17 bits per heavy atom. The van der Waals surface area contributed by atoms with E-state index in [1.165, 1.54) is 6.07 Å². The number of aryl methyl sites for hydroxylation is 1. The first kappa shape index (κ1) is 20.2. The quantitative estimate of drug-likeness (QED) is 0.625. The van der Waals surface area contributed by atoms with Crippen LogP contribution in [0.4, 0.5) is 11.5 Å². The number of aromatic amines is 1. The van der Waals surface area contributed by atoms with Crippen LogP contribution < -0.4 is 20.5 Å². The van der Waals surface area contributed by atoms with Gasteiger partial charge < -0.3 is 19.9 Å². The summed E-state index contributed by atoms with van der Waals surface area (Å²) in [5, 5.41) is 4.18. The third-order valence-corrected chi connectivity index (χ3v) is 5.45. The van der Waals surface area contributed by atoms with Crippen LogP contribution in [-0.4, -0.2) is 41.2 Å². The van der Waals surface area contributed by atoms with Gasteiger partial charge in [0.05, 0.1) is 12.8 Å². The van der Waals surface area contributed by atoms with Crippen molar-refractivity contribution in [2.24, 2.45) is 0 Å². The van der Waals surface area contributed by atoms with Gasteiger partial charge in [0.25, 0.3) is 5.56 Å². The fourth-order valence-corrected chi connectivity index (χ4v) is 3.83. The number of anilines is 2. The van der Waals surface area contributed by atoms with Gasteiger partial charge >= 0.3 is 0 Å². The number of halogens is 1. The second kappa shape index (κ2) is 8.75. The summed E-state index contributed by atoms with van der Waals surface area (Å²) in [4.78, 5) is 25.8. The van der Waals surface area contributed by atoms with Gasteiger partial charge in [-0.05, 0) is 43.2 Å². The van der Waals surface area contributed by atoms with E-state index in [0.717, 1.165) is 48.0 Å². The lowest BCUT2D eigenvalue weighted by Crippen LogP contribution is -2.26.